The third-order valence-corrected chi connectivity index (χ3v) is 2.67. The molecular weight excluding hydrogens is 198 g/mol. The van der Waals surface area contributed by atoms with Crippen LogP contribution in [0.4, 0.5) is 0 Å². The maximum absolute atomic E-state index is 5.98. The summed E-state index contributed by atoms with van der Waals surface area (Å²) in [5.74, 6) is 0.773. The van der Waals surface area contributed by atoms with Gasteiger partial charge in [-0.05, 0) is 25.1 Å². The summed E-state index contributed by atoms with van der Waals surface area (Å²) in [5.41, 5.74) is 0. The van der Waals surface area contributed by atoms with Crippen molar-refractivity contribution in [1.82, 2.24) is 4.90 Å². The molecule has 0 N–H and O–H groups in total. The van der Waals surface area contributed by atoms with Gasteiger partial charge in [-0.1, -0.05) is 23.7 Å². The molecule has 1 heterocycles. The van der Waals surface area contributed by atoms with Gasteiger partial charge in [0.15, 0.2) is 0 Å². The molecule has 0 radical (unpaired) electrons. The first-order valence-corrected chi connectivity index (χ1v) is 5.10. The largest absolute Gasteiger partial charge is 0.488 e. The minimum Gasteiger partial charge on any atom is -0.488 e. The van der Waals surface area contributed by atoms with E-state index in [1.54, 1.807) is 0 Å². The molecule has 14 heavy (non-hydrogen) atoms. The summed E-state index contributed by atoms with van der Waals surface area (Å²) in [6.07, 6.45) is 1.25. The fourth-order valence-electron chi connectivity index (χ4n) is 1.61. The highest BCUT2D eigenvalue weighted by molar-refractivity contribution is 6.32. The van der Waals surface area contributed by atoms with Crippen LogP contribution in [0.15, 0.2) is 24.3 Å². The summed E-state index contributed by atoms with van der Waals surface area (Å²) in [6.45, 7) is 1.88. The Kier molecular flexibility index (Phi) is 2.94. The zero-order valence-electron chi connectivity index (χ0n) is 7.95. The first-order valence-electron chi connectivity index (χ1n) is 4.72. The van der Waals surface area contributed by atoms with E-state index >= 15 is 0 Å². The Hall–Kier alpha value is -0.730. The molecule has 1 fully saturated rings. The zero-order chi connectivity index (χ0) is 9.97. The Balaban J connectivity index is 2.01. The van der Waals surface area contributed by atoms with Gasteiger partial charge in [0.2, 0.25) is 0 Å². The molecule has 1 aromatic rings. The summed E-state index contributed by atoms with van der Waals surface area (Å²) in [5, 5.41) is 0.676. The summed E-state index contributed by atoms with van der Waals surface area (Å²) >= 11 is 5.98. The molecular formula is C11H13ClNO-. The van der Waals surface area contributed by atoms with Gasteiger partial charge in [0.1, 0.15) is 11.9 Å². The van der Waals surface area contributed by atoms with Crippen molar-refractivity contribution in [3.8, 4) is 5.75 Å². The van der Waals surface area contributed by atoms with Crippen LogP contribution in [0.2, 0.25) is 5.02 Å². The van der Waals surface area contributed by atoms with Crippen molar-refractivity contribution >= 4 is 11.6 Å². The lowest BCUT2D eigenvalue weighted by Crippen LogP contribution is -2.20. The van der Waals surface area contributed by atoms with Crippen LogP contribution in [-0.2, 0) is 0 Å². The van der Waals surface area contributed by atoms with E-state index in [0.717, 1.165) is 25.3 Å². The van der Waals surface area contributed by atoms with Crippen LogP contribution < -0.4 is 4.74 Å². The van der Waals surface area contributed by atoms with E-state index < -0.39 is 0 Å². The number of likely N-dealkylation sites (tertiary alicyclic amines) is 1. The van der Waals surface area contributed by atoms with E-state index in [0.29, 0.717) is 5.02 Å². The average Bonchev–Trinajstić information content (AvgIpc) is 2.56. The van der Waals surface area contributed by atoms with Crippen molar-refractivity contribution in [2.45, 2.75) is 12.5 Å². The quantitative estimate of drug-likeness (QED) is 0.696. The number of hydrogen-bond acceptors (Lipinski definition) is 2. The minimum absolute atomic E-state index is 0.229. The summed E-state index contributed by atoms with van der Waals surface area (Å²) < 4.78 is 5.76. The fourth-order valence-corrected chi connectivity index (χ4v) is 1.79. The predicted molar refractivity (Wildman–Crippen MR) is 57.4 cm³/mol. The van der Waals surface area contributed by atoms with Gasteiger partial charge in [-0.25, -0.2) is 0 Å². The van der Waals surface area contributed by atoms with Crippen molar-refractivity contribution in [3.05, 3.63) is 36.3 Å². The lowest BCUT2D eigenvalue weighted by atomic mass is 10.3. The molecule has 76 valence electrons. The Morgan fingerprint density at radius 3 is 2.86 bits per heavy atom. The second-order valence-electron chi connectivity index (χ2n) is 3.54. The van der Waals surface area contributed by atoms with Gasteiger partial charge in [-0.3, -0.25) is 7.05 Å². The Bertz CT molecular complexity index is 316. The molecule has 1 aliphatic heterocycles. The van der Waals surface area contributed by atoms with Crippen LogP contribution >= 0.6 is 11.6 Å². The van der Waals surface area contributed by atoms with Crippen LogP contribution in [0, 0.1) is 7.05 Å². The van der Waals surface area contributed by atoms with Crippen molar-refractivity contribution < 1.29 is 4.74 Å². The van der Waals surface area contributed by atoms with E-state index in [2.05, 4.69) is 7.05 Å². The normalized spacial score (nSPS) is 22.6. The second kappa shape index (κ2) is 4.20. The van der Waals surface area contributed by atoms with Crippen LogP contribution in [0.1, 0.15) is 6.42 Å². The van der Waals surface area contributed by atoms with Crippen molar-refractivity contribution in [2.24, 2.45) is 0 Å². The van der Waals surface area contributed by atoms with Crippen LogP contribution in [-0.4, -0.2) is 24.1 Å². The number of benzene rings is 1. The highest BCUT2D eigenvalue weighted by Crippen LogP contribution is 2.26. The number of halogens is 1. The van der Waals surface area contributed by atoms with Crippen LogP contribution in [0.3, 0.4) is 0 Å². The smallest absolute Gasteiger partial charge is 0.138 e. The molecule has 1 saturated heterocycles. The Labute approximate surface area is 89.4 Å². The first-order chi connectivity index (χ1) is 6.75. The minimum atomic E-state index is 0.229. The summed E-state index contributed by atoms with van der Waals surface area (Å²) in [4.78, 5) is 2.02. The van der Waals surface area contributed by atoms with Gasteiger partial charge in [-0.2, -0.15) is 0 Å². The number of ether oxygens (including phenoxy) is 1. The first kappa shape index (κ1) is 9.81. The SMILES string of the molecule is [CH2-]N1CC[C@@H](Oc2ccccc2Cl)C1. The molecule has 1 aromatic carbocycles. The second-order valence-corrected chi connectivity index (χ2v) is 3.94. The monoisotopic (exact) mass is 210 g/mol. The van der Waals surface area contributed by atoms with E-state index in [4.69, 9.17) is 16.3 Å². The highest BCUT2D eigenvalue weighted by atomic mass is 35.5. The van der Waals surface area contributed by atoms with Gasteiger partial charge in [-0.15, -0.1) is 0 Å². The molecule has 0 spiro atoms. The Morgan fingerprint density at radius 1 is 1.43 bits per heavy atom. The standard InChI is InChI=1S/C11H13ClNO/c1-13-7-6-9(8-13)14-11-5-3-2-4-10(11)12/h2-5,9H,1,6-8H2/q-1/t9-/m1/s1. The third kappa shape index (κ3) is 2.20. The molecule has 0 amide bonds. The van der Waals surface area contributed by atoms with Gasteiger partial charge in [0, 0.05) is 6.54 Å². The fraction of sp³-hybridized carbons (Fsp3) is 0.364. The van der Waals surface area contributed by atoms with Crippen molar-refractivity contribution in [3.63, 3.8) is 0 Å². The average molecular weight is 211 g/mol. The lowest BCUT2D eigenvalue weighted by molar-refractivity contribution is 0.211. The predicted octanol–water partition coefficient (Wildman–Crippen LogP) is 2.58. The molecule has 0 saturated carbocycles. The molecule has 0 aliphatic carbocycles. The number of rotatable bonds is 2. The Morgan fingerprint density at radius 2 is 2.21 bits per heavy atom. The molecule has 2 nitrogen and oxygen atoms in total. The molecule has 0 unspecified atom stereocenters. The van der Waals surface area contributed by atoms with Crippen LogP contribution in [0.5, 0.6) is 5.75 Å². The van der Waals surface area contributed by atoms with E-state index in [9.17, 15) is 0 Å². The van der Waals surface area contributed by atoms with Crippen molar-refractivity contribution in [1.29, 1.82) is 0 Å². The maximum Gasteiger partial charge on any atom is 0.138 e. The van der Waals surface area contributed by atoms with Crippen molar-refractivity contribution in [2.75, 3.05) is 13.1 Å². The molecule has 3 heteroatoms. The maximum atomic E-state index is 5.98. The van der Waals surface area contributed by atoms with Gasteiger partial charge < -0.3 is 9.64 Å². The summed E-state index contributed by atoms with van der Waals surface area (Å²) in [7, 11) is 3.87. The van der Waals surface area contributed by atoms with Crippen LogP contribution in [0.25, 0.3) is 0 Å². The number of nitrogens with zero attached hydrogens (tertiary/aromatic N) is 1. The zero-order valence-corrected chi connectivity index (χ0v) is 8.70. The number of para-hydroxylation sites is 1. The van der Waals surface area contributed by atoms with Gasteiger partial charge in [0.25, 0.3) is 0 Å². The van der Waals surface area contributed by atoms with E-state index in [-0.39, 0.29) is 6.10 Å². The molecule has 1 aliphatic rings. The van der Waals surface area contributed by atoms with E-state index in [1.807, 2.05) is 29.2 Å². The molecule has 2 rings (SSSR count). The molecule has 0 aromatic heterocycles. The lowest BCUT2D eigenvalue weighted by Gasteiger charge is -2.18. The van der Waals surface area contributed by atoms with Gasteiger partial charge in [0.05, 0.1) is 5.02 Å². The number of hydrogen-bond donors (Lipinski definition) is 0. The molecule has 1 atom stereocenters. The summed E-state index contributed by atoms with van der Waals surface area (Å²) in [6, 6.07) is 7.57. The third-order valence-electron chi connectivity index (χ3n) is 2.36. The molecule has 0 bridgehead atoms. The van der Waals surface area contributed by atoms with E-state index in [1.165, 1.54) is 0 Å². The topological polar surface area (TPSA) is 12.5 Å². The highest BCUT2D eigenvalue weighted by Gasteiger charge is 2.18. The van der Waals surface area contributed by atoms with Gasteiger partial charge >= 0.3 is 0 Å².